The van der Waals surface area contributed by atoms with Crippen LogP contribution in [0.1, 0.15) is 21.7 Å². The van der Waals surface area contributed by atoms with Crippen molar-refractivity contribution in [2.24, 2.45) is 0 Å². The molecule has 0 saturated carbocycles. The number of amides is 1. The van der Waals surface area contributed by atoms with Crippen LogP contribution < -0.4 is 4.90 Å². The standard InChI is InChI=1S/C20H17NO3S/c22-19(21-11-5-8-14-6-1-3-9-16(14)21)13-24-20(23)18-12-15-7-2-4-10-17(15)25-18/h1-4,6-7,9-10,12H,5,8,11,13H2. The van der Waals surface area contributed by atoms with E-state index in [0.717, 1.165) is 34.2 Å². The third kappa shape index (κ3) is 3.15. The fraction of sp³-hybridized carbons (Fsp3) is 0.200. The van der Waals surface area contributed by atoms with Crippen LogP contribution >= 0.6 is 11.3 Å². The molecule has 0 saturated heterocycles. The highest BCUT2D eigenvalue weighted by Gasteiger charge is 2.23. The fourth-order valence-electron chi connectivity index (χ4n) is 3.15. The Balaban J connectivity index is 1.44. The van der Waals surface area contributed by atoms with Crippen LogP contribution in [0.4, 0.5) is 5.69 Å². The lowest BCUT2D eigenvalue weighted by Crippen LogP contribution is -2.38. The maximum absolute atomic E-state index is 12.5. The van der Waals surface area contributed by atoms with Crippen molar-refractivity contribution in [3.8, 4) is 0 Å². The summed E-state index contributed by atoms with van der Waals surface area (Å²) in [7, 11) is 0. The van der Waals surface area contributed by atoms with Gasteiger partial charge in [-0.05, 0) is 42.0 Å². The highest BCUT2D eigenvalue weighted by atomic mass is 32.1. The van der Waals surface area contributed by atoms with Gasteiger partial charge in [-0.3, -0.25) is 4.79 Å². The Kier molecular flexibility index (Phi) is 4.24. The Labute approximate surface area is 149 Å². The van der Waals surface area contributed by atoms with E-state index < -0.39 is 5.97 Å². The summed E-state index contributed by atoms with van der Waals surface area (Å²) in [6.45, 7) is 0.428. The van der Waals surface area contributed by atoms with Gasteiger partial charge < -0.3 is 9.64 Å². The van der Waals surface area contributed by atoms with Gasteiger partial charge in [-0.2, -0.15) is 0 Å². The lowest BCUT2D eigenvalue weighted by molar-refractivity contribution is -0.121. The number of hydrogen-bond acceptors (Lipinski definition) is 4. The van der Waals surface area contributed by atoms with Gasteiger partial charge in [0.25, 0.3) is 5.91 Å². The third-order valence-electron chi connectivity index (χ3n) is 4.36. The molecule has 3 aromatic rings. The monoisotopic (exact) mass is 351 g/mol. The SMILES string of the molecule is O=C(OCC(=O)N1CCCc2ccccc21)c1cc2ccccc2s1. The molecule has 0 fully saturated rings. The van der Waals surface area contributed by atoms with Crippen LogP contribution in [-0.4, -0.2) is 25.0 Å². The zero-order valence-electron chi connectivity index (χ0n) is 13.6. The van der Waals surface area contributed by atoms with Crippen molar-refractivity contribution in [3.05, 3.63) is 65.0 Å². The van der Waals surface area contributed by atoms with Gasteiger partial charge in [0.05, 0.1) is 0 Å². The molecule has 4 rings (SSSR count). The Bertz CT molecular complexity index is 914. The molecule has 0 atom stereocenters. The van der Waals surface area contributed by atoms with Crippen LogP contribution in [0.15, 0.2) is 54.6 Å². The second-order valence-electron chi connectivity index (χ2n) is 6.00. The maximum Gasteiger partial charge on any atom is 0.348 e. The Morgan fingerprint density at radius 2 is 1.88 bits per heavy atom. The van der Waals surface area contributed by atoms with E-state index in [1.807, 2.05) is 54.6 Å². The van der Waals surface area contributed by atoms with E-state index in [2.05, 4.69) is 0 Å². The normalized spacial score (nSPS) is 13.5. The number of carbonyl (C=O) groups excluding carboxylic acids is 2. The largest absolute Gasteiger partial charge is 0.451 e. The molecular weight excluding hydrogens is 334 g/mol. The molecule has 0 unspecified atom stereocenters. The predicted molar refractivity (Wildman–Crippen MR) is 99.2 cm³/mol. The second-order valence-corrected chi connectivity index (χ2v) is 7.09. The minimum atomic E-state index is -0.445. The van der Waals surface area contributed by atoms with Gasteiger partial charge in [0.1, 0.15) is 4.88 Å². The van der Waals surface area contributed by atoms with Gasteiger partial charge in [0.2, 0.25) is 0 Å². The molecule has 2 aromatic carbocycles. The quantitative estimate of drug-likeness (QED) is 0.669. The van der Waals surface area contributed by atoms with Gasteiger partial charge in [0.15, 0.2) is 6.61 Å². The molecule has 25 heavy (non-hydrogen) atoms. The Hall–Kier alpha value is -2.66. The van der Waals surface area contributed by atoms with Crippen molar-refractivity contribution in [3.63, 3.8) is 0 Å². The molecule has 1 amide bonds. The lowest BCUT2D eigenvalue weighted by Gasteiger charge is -2.29. The van der Waals surface area contributed by atoms with E-state index >= 15 is 0 Å². The minimum Gasteiger partial charge on any atom is -0.451 e. The van der Waals surface area contributed by atoms with Gasteiger partial charge in [-0.15, -0.1) is 11.3 Å². The van der Waals surface area contributed by atoms with Crippen molar-refractivity contribution in [1.29, 1.82) is 0 Å². The van der Waals surface area contributed by atoms with Gasteiger partial charge in [-0.25, -0.2) is 4.79 Å². The number of carbonyl (C=O) groups is 2. The van der Waals surface area contributed by atoms with E-state index in [-0.39, 0.29) is 12.5 Å². The van der Waals surface area contributed by atoms with Crippen LogP contribution in [-0.2, 0) is 16.0 Å². The number of aryl methyl sites for hydroxylation is 1. The summed E-state index contributed by atoms with van der Waals surface area (Å²) < 4.78 is 6.30. The molecule has 0 aliphatic carbocycles. The van der Waals surface area contributed by atoms with Crippen LogP contribution in [0.25, 0.3) is 10.1 Å². The fourth-order valence-corrected chi connectivity index (χ4v) is 4.11. The second kappa shape index (κ2) is 6.69. The van der Waals surface area contributed by atoms with Crippen molar-refractivity contribution >= 4 is 39.0 Å². The molecule has 1 aliphatic rings. The highest BCUT2D eigenvalue weighted by molar-refractivity contribution is 7.20. The molecule has 0 spiro atoms. The smallest absolute Gasteiger partial charge is 0.348 e. The van der Waals surface area contributed by atoms with E-state index in [4.69, 9.17) is 4.74 Å². The van der Waals surface area contributed by atoms with E-state index in [1.54, 1.807) is 4.90 Å². The summed E-state index contributed by atoms with van der Waals surface area (Å²) in [5, 5.41) is 1.01. The molecule has 0 bridgehead atoms. The molecule has 5 heteroatoms. The first kappa shape index (κ1) is 15.8. The van der Waals surface area contributed by atoms with Crippen molar-refractivity contribution in [2.45, 2.75) is 12.8 Å². The summed E-state index contributed by atoms with van der Waals surface area (Å²) in [6.07, 6.45) is 1.90. The zero-order chi connectivity index (χ0) is 17.2. The summed E-state index contributed by atoms with van der Waals surface area (Å²) >= 11 is 1.38. The van der Waals surface area contributed by atoms with Gasteiger partial charge in [-0.1, -0.05) is 36.4 Å². The number of anilines is 1. The molecule has 126 valence electrons. The number of nitrogens with zero attached hydrogens (tertiary/aromatic N) is 1. The number of fused-ring (bicyclic) bond motifs is 2. The summed E-state index contributed by atoms with van der Waals surface area (Å²) in [6, 6.07) is 17.5. The number of ether oxygens (including phenoxy) is 1. The van der Waals surface area contributed by atoms with Crippen LogP contribution in [0.3, 0.4) is 0 Å². The topological polar surface area (TPSA) is 46.6 Å². The molecule has 4 nitrogen and oxygen atoms in total. The maximum atomic E-state index is 12.5. The van der Waals surface area contributed by atoms with E-state index in [9.17, 15) is 9.59 Å². The van der Waals surface area contributed by atoms with Gasteiger partial charge >= 0.3 is 5.97 Å². The summed E-state index contributed by atoms with van der Waals surface area (Å²) in [5.41, 5.74) is 2.09. The first-order valence-electron chi connectivity index (χ1n) is 8.26. The minimum absolute atomic E-state index is 0.179. The molecule has 2 heterocycles. The molecular formula is C20H17NO3S. The molecule has 0 radical (unpaired) electrons. The Morgan fingerprint density at radius 3 is 2.76 bits per heavy atom. The predicted octanol–water partition coefficient (Wildman–Crippen LogP) is 4.04. The first-order valence-corrected chi connectivity index (χ1v) is 9.08. The van der Waals surface area contributed by atoms with Crippen molar-refractivity contribution < 1.29 is 14.3 Å². The number of para-hydroxylation sites is 1. The zero-order valence-corrected chi connectivity index (χ0v) is 14.4. The number of thiophene rings is 1. The summed E-state index contributed by atoms with van der Waals surface area (Å²) in [4.78, 5) is 27.0. The number of esters is 1. The lowest BCUT2D eigenvalue weighted by atomic mass is 10.0. The molecule has 0 N–H and O–H groups in total. The third-order valence-corrected chi connectivity index (χ3v) is 5.46. The van der Waals surface area contributed by atoms with Crippen LogP contribution in [0.2, 0.25) is 0 Å². The number of hydrogen-bond donors (Lipinski definition) is 0. The van der Waals surface area contributed by atoms with Crippen molar-refractivity contribution in [1.82, 2.24) is 0 Å². The van der Waals surface area contributed by atoms with Gasteiger partial charge in [0, 0.05) is 16.9 Å². The van der Waals surface area contributed by atoms with E-state index in [1.165, 1.54) is 11.3 Å². The first-order chi connectivity index (χ1) is 12.2. The number of benzene rings is 2. The average Bonchev–Trinajstić information content (AvgIpc) is 3.09. The molecule has 1 aliphatic heterocycles. The number of rotatable bonds is 3. The van der Waals surface area contributed by atoms with Crippen LogP contribution in [0.5, 0.6) is 0 Å². The average molecular weight is 351 g/mol. The van der Waals surface area contributed by atoms with E-state index in [0.29, 0.717) is 11.4 Å². The summed E-state index contributed by atoms with van der Waals surface area (Å²) in [5.74, 6) is -0.624. The highest BCUT2D eigenvalue weighted by Crippen LogP contribution is 2.28. The Morgan fingerprint density at radius 1 is 1.08 bits per heavy atom. The van der Waals surface area contributed by atoms with Crippen LogP contribution in [0, 0.1) is 0 Å². The van der Waals surface area contributed by atoms with Crippen molar-refractivity contribution in [2.75, 3.05) is 18.1 Å². The molecule has 1 aromatic heterocycles.